The highest BCUT2D eigenvalue weighted by Gasteiger charge is 2.26. The average Bonchev–Trinajstić information content (AvgIpc) is 3.35. The lowest BCUT2D eigenvalue weighted by atomic mass is 10.1. The van der Waals surface area contributed by atoms with Crippen LogP contribution in [0.5, 0.6) is 0 Å². The molecule has 2 aromatic rings. The molecule has 1 fully saturated rings. The minimum Gasteiger partial charge on any atom is -0.376 e. The molecule has 0 aliphatic carbocycles. The zero-order chi connectivity index (χ0) is 19.8. The van der Waals surface area contributed by atoms with Gasteiger partial charge in [0, 0.05) is 18.0 Å². The smallest absolute Gasteiger partial charge is 0.238 e. The Labute approximate surface area is 171 Å². The Morgan fingerprint density at radius 2 is 2.00 bits per heavy atom. The number of hydrogen-bond acceptors (Lipinski definition) is 5. The fourth-order valence-electron chi connectivity index (χ4n) is 3.37. The van der Waals surface area contributed by atoms with Gasteiger partial charge in [-0.2, -0.15) is 0 Å². The lowest BCUT2D eigenvalue weighted by molar-refractivity contribution is -0.130. The summed E-state index contributed by atoms with van der Waals surface area (Å²) in [6.45, 7) is 1.61. The van der Waals surface area contributed by atoms with E-state index >= 15 is 0 Å². The van der Waals surface area contributed by atoms with E-state index in [1.807, 2.05) is 47.8 Å². The fraction of sp³-hybridized carbons (Fsp3) is 0.476. The second-order valence-electron chi connectivity index (χ2n) is 7.17. The van der Waals surface area contributed by atoms with Gasteiger partial charge in [0.2, 0.25) is 5.91 Å². The van der Waals surface area contributed by atoms with Gasteiger partial charge in [0.15, 0.2) is 9.84 Å². The van der Waals surface area contributed by atoms with Crippen molar-refractivity contribution < 1.29 is 17.9 Å². The van der Waals surface area contributed by atoms with E-state index in [-0.39, 0.29) is 17.8 Å². The van der Waals surface area contributed by atoms with Crippen LogP contribution in [0.2, 0.25) is 0 Å². The summed E-state index contributed by atoms with van der Waals surface area (Å²) in [5.41, 5.74) is 1.11. The predicted octanol–water partition coefficient (Wildman–Crippen LogP) is 3.30. The van der Waals surface area contributed by atoms with Gasteiger partial charge < -0.3 is 9.64 Å². The lowest BCUT2D eigenvalue weighted by Crippen LogP contribution is -2.40. The number of carbonyl (C=O) groups excluding carboxylic acids is 1. The quantitative estimate of drug-likeness (QED) is 0.590. The van der Waals surface area contributed by atoms with Crippen molar-refractivity contribution >= 4 is 27.1 Å². The molecule has 0 N–H and O–H groups in total. The fourth-order valence-corrected chi connectivity index (χ4v) is 5.38. The van der Waals surface area contributed by atoms with Gasteiger partial charge in [0.05, 0.1) is 18.4 Å². The number of amides is 1. The van der Waals surface area contributed by atoms with Crippen LogP contribution in [0.4, 0.5) is 0 Å². The second kappa shape index (κ2) is 10.2. The van der Waals surface area contributed by atoms with E-state index in [2.05, 4.69) is 0 Å². The molecule has 3 rings (SSSR count). The number of aryl methyl sites for hydroxylation is 1. The third-order valence-electron chi connectivity index (χ3n) is 4.83. The number of hydrogen-bond donors (Lipinski definition) is 0. The maximum atomic E-state index is 12.8. The Bertz CT molecular complexity index is 829. The Hall–Kier alpha value is -1.70. The van der Waals surface area contributed by atoms with Crippen molar-refractivity contribution in [3.63, 3.8) is 0 Å². The summed E-state index contributed by atoms with van der Waals surface area (Å²) in [6, 6.07) is 13.7. The van der Waals surface area contributed by atoms with Crippen LogP contribution in [0.3, 0.4) is 0 Å². The molecule has 1 aromatic heterocycles. The molecule has 5 nitrogen and oxygen atoms in total. The summed E-state index contributed by atoms with van der Waals surface area (Å²) in [7, 11) is -3.44. The highest BCUT2D eigenvalue weighted by Crippen LogP contribution is 2.18. The molecule has 28 heavy (non-hydrogen) atoms. The van der Waals surface area contributed by atoms with Crippen LogP contribution in [0.15, 0.2) is 47.8 Å². The van der Waals surface area contributed by atoms with Gasteiger partial charge in [0.25, 0.3) is 0 Å². The van der Waals surface area contributed by atoms with Crippen molar-refractivity contribution in [2.45, 2.75) is 38.3 Å². The Morgan fingerprint density at radius 1 is 1.18 bits per heavy atom. The first-order chi connectivity index (χ1) is 13.5. The molecule has 7 heteroatoms. The SMILES string of the molecule is O=C(CS(=O)(=O)CCCc1ccccc1)N(Cc1cccs1)CC1CCCO1. The lowest BCUT2D eigenvalue weighted by Gasteiger charge is -2.25. The summed E-state index contributed by atoms with van der Waals surface area (Å²) in [5.74, 6) is -0.732. The molecule has 0 radical (unpaired) electrons. The Balaban J connectivity index is 1.55. The van der Waals surface area contributed by atoms with E-state index in [9.17, 15) is 13.2 Å². The molecule has 1 saturated heterocycles. The van der Waals surface area contributed by atoms with Crippen molar-refractivity contribution in [2.24, 2.45) is 0 Å². The highest BCUT2D eigenvalue weighted by molar-refractivity contribution is 7.92. The topological polar surface area (TPSA) is 63.7 Å². The van der Waals surface area contributed by atoms with Gasteiger partial charge in [-0.05, 0) is 42.7 Å². The third kappa shape index (κ3) is 6.72. The standard InChI is InChI=1S/C21H27NO4S2/c23-21(17-28(24,25)14-6-9-18-7-2-1-3-8-18)22(15-19-10-4-12-26-19)16-20-11-5-13-27-20/h1-3,5,7-8,11,13,19H,4,6,9-10,12,14-17H2. The maximum Gasteiger partial charge on any atom is 0.238 e. The van der Waals surface area contributed by atoms with Gasteiger partial charge in [-0.3, -0.25) is 4.79 Å². The van der Waals surface area contributed by atoms with Gasteiger partial charge in [-0.15, -0.1) is 11.3 Å². The summed E-state index contributed by atoms with van der Waals surface area (Å²) in [4.78, 5) is 15.5. The van der Waals surface area contributed by atoms with Crippen molar-refractivity contribution in [3.05, 3.63) is 58.3 Å². The zero-order valence-corrected chi connectivity index (χ0v) is 17.6. The molecule has 2 heterocycles. The maximum absolute atomic E-state index is 12.8. The Kier molecular flexibility index (Phi) is 7.65. The van der Waals surface area contributed by atoms with Crippen LogP contribution in [0.25, 0.3) is 0 Å². The van der Waals surface area contributed by atoms with Crippen LogP contribution >= 0.6 is 11.3 Å². The summed E-state index contributed by atoms with van der Waals surface area (Å²) >= 11 is 1.57. The van der Waals surface area contributed by atoms with Crippen molar-refractivity contribution in [1.29, 1.82) is 0 Å². The van der Waals surface area contributed by atoms with Crippen molar-refractivity contribution in [1.82, 2.24) is 4.90 Å². The molecule has 1 atom stereocenters. The number of ether oxygens (including phenoxy) is 1. The normalized spacial score (nSPS) is 16.9. The molecular weight excluding hydrogens is 394 g/mol. The largest absolute Gasteiger partial charge is 0.376 e. The number of thiophene rings is 1. The minimum absolute atomic E-state index is 0.00435. The van der Waals surface area contributed by atoms with E-state index in [1.54, 1.807) is 16.2 Å². The highest BCUT2D eigenvalue weighted by atomic mass is 32.2. The van der Waals surface area contributed by atoms with E-state index < -0.39 is 15.6 Å². The molecule has 1 unspecified atom stereocenters. The van der Waals surface area contributed by atoms with Crippen molar-refractivity contribution in [2.75, 3.05) is 24.7 Å². The molecule has 1 amide bonds. The number of rotatable bonds is 10. The van der Waals surface area contributed by atoms with Crippen molar-refractivity contribution in [3.8, 4) is 0 Å². The molecule has 0 saturated carbocycles. The van der Waals surface area contributed by atoms with Gasteiger partial charge in [-0.25, -0.2) is 8.42 Å². The number of benzene rings is 1. The molecule has 0 spiro atoms. The first kappa shape index (κ1) is 21.0. The van der Waals surface area contributed by atoms with Crippen LogP contribution in [-0.4, -0.2) is 50.0 Å². The third-order valence-corrected chi connectivity index (χ3v) is 7.29. The van der Waals surface area contributed by atoms with Crippen LogP contribution < -0.4 is 0 Å². The van der Waals surface area contributed by atoms with Crippen LogP contribution in [0.1, 0.15) is 29.7 Å². The van der Waals surface area contributed by atoms with Gasteiger partial charge in [0.1, 0.15) is 5.75 Å². The van der Waals surface area contributed by atoms with E-state index in [0.29, 0.717) is 32.5 Å². The number of carbonyl (C=O) groups is 1. The van der Waals surface area contributed by atoms with E-state index in [0.717, 1.165) is 23.3 Å². The summed E-state index contributed by atoms with van der Waals surface area (Å²) in [6.07, 6.45) is 3.13. The van der Waals surface area contributed by atoms with E-state index in [1.165, 1.54) is 0 Å². The summed E-state index contributed by atoms with van der Waals surface area (Å²) in [5, 5.41) is 1.96. The first-order valence-electron chi connectivity index (χ1n) is 9.68. The number of nitrogens with zero attached hydrogens (tertiary/aromatic N) is 1. The predicted molar refractivity (Wildman–Crippen MR) is 112 cm³/mol. The molecule has 152 valence electrons. The zero-order valence-electron chi connectivity index (χ0n) is 16.0. The molecule has 1 aromatic carbocycles. The summed E-state index contributed by atoms with van der Waals surface area (Å²) < 4.78 is 30.7. The monoisotopic (exact) mass is 421 g/mol. The minimum atomic E-state index is -3.44. The number of sulfone groups is 1. The van der Waals surface area contributed by atoms with Gasteiger partial charge >= 0.3 is 0 Å². The molecule has 1 aliphatic heterocycles. The molecule has 0 bridgehead atoms. The molecule has 1 aliphatic rings. The molecular formula is C21H27NO4S2. The second-order valence-corrected chi connectivity index (χ2v) is 10.4. The first-order valence-corrected chi connectivity index (χ1v) is 12.4. The average molecular weight is 422 g/mol. The Morgan fingerprint density at radius 3 is 2.68 bits per heavy atom. The van der Waals surface area contributed by atoms with E-state index in [4.69, 9.17) is 4.74 Å². The van der Waals surface area contributed by atoms with Crippen LogP contribution in [-0.2, 0) is 32.3 Å². The van der Waals surface area contributed by atoms with Gasteiger partial charge in [-0.1, -0.05) is 36.4 Å². The van der Waals surface area contributed by atoms with Crippen LogP contribution in [0, 0.1) is 0 Å².